The first kappa shape index (κ1) is 14.0. The first-order chi connectivity index (χ1) is 9.13. The molecule has 98 valence electrons. The molecule has 0 fully saturated rings. The number of hydrogen-bond donors (Lipinski definition) is 3. The highest BCUT2D eigenvalue weighted by molar-refractivity contribution is 14.1. The molecule has 0 atom stereocenters. The Morgan fingerprint density at radius 1 is 1.42 bits per heavy atom. The van der Waals surface area contributed by atoms with Crippen molar-refractivity contribution in [1.29, 1.82) is 5.41 Å². The third-order valence-electron chi connectivity index (χ3n) is 2.43. The largest absolute Gasteiger partial charge is 0.388 e. The molecule has 1 heterocycles. The van der Waals surface area contributed by atoms with Crippen LogP contribution < -0.4 is 10.6 Å². The summed E-state index contributed by atoms with van der Waals surface area (Å²) in [4.78, 5) is 8.27. The van der Waals surface area contributed by atoms with Gasteiger partial charge in [-0.25, -0.2) is 4.98 Å². The Hall–Kier alpha value is -1.41. The Bertz CT molecular complexity index is 617. The van der Waals surface area contributed by atoms with Crippen molar-refractivity contribution in [1.82, 2.24) is 9.97 Å². The van der Waals surface area contributed by atoms with Gasteiger partial charge in [0.05, 0.1) is 3.57 Å². The van der Waals surface area contributed by atoms with Gasteiger partial charge in [-0.3, -0.25) is 0 Å². The third-order valence-corrected chi connectivity index (χ3v) is 3.83. The van der Waals surface area contributed by atoms with E-state index in [9.17, 15) is 0 Å². The van der Waals surface area contributed by atoms with Gasteiger partial charge in [0.1, 0.15) is 5.15 Å². The van der Waals surface area contributed by atoms with Crippen LogP contribution in [0.2, 0.25) is 5.15 Å². The van der Waals surface area contributed by atoms with Crippen LogP contribution in [0.4, 0.5) is 17.3 Å². The molecule has 0 aliphatic carbocycles. The summed E-state index contributed by atoms with van der Waals surface area (Å²) in [6.07, 6.45) is 2.94. The Morgan fingerprint density at radius 3 is 2.84 bits per heavy atom. The first-order valence-corrected chi connectivity index (χ1v) is 6.87. The lowest BCUT2D eigenvalue weighted by atomic mass is 10.1. The topological polar surface area (TPSA) is 73.7 Å². The minimum absolute atomic E-state index is 0.414. The zero-order valence-electron chi connectivity index (χ0n) is 10.0. The van der Waals surface area contributed by atoms with Crippen molar-refractivity contribution in [2.45, 2.75) is 0 Å². The van der Waals surface area contributed by atoms with E-state index in [1.807, 2.05) is 25.2 Å². The van der Waals surface area contributed by atoms with E-state index in [1.54, 1.807) is 6.20 Å². The van der Waals surface area contributed by atoms with Gasteiger partial charge in [0.25, 0.3) is 0 Å². The van der Waals surface area contributed by atoms with Crippen molar-refractivity contribution in [3.8, 4) is 0 Å². The van der Waals surface area contributed by atoms with E-state index < -0.39 is 0 Å². The van der Waals surface area contributed by atoms with Crippen molar-refractivity contribution in [2.75, 3.05) is 17.7 Å². The lowest BCUT2D eigenvalue weighted by molar-refractivity contribution is 1.15. The predicted octanol–water partition coefficient (Wildman–Crippen LogP) is 3.52. The Morgan fingerprint density at radius 2 is 2.21 bits per heavy atom. The van der Waals surface area contributed by atoms with Gasteiger partial charge in [0.15, 0.2) is 0 Å². The molecule has 0 aliphatic heterocycles. The highest BCUT2D eigenvalue weighted by atomic mass is 127. The maximum absolute atomic E-state index is 7.38. The molecule has 0 unspecified atom stereocenters. The van der Waals surface area contributed by atoms with Gasteiger partial charge < -0.3 is 16.0 Å². The van der Waals surface area contributed by atoms with E-state index in [1.165, 1.54) is 6.21 Å². The SMILES string of the molecule is CNc1ccc(Nc2ncc(I)c(Cl)n2)cc1C=N. The fourth-order valence-corrected chi connectivity index (χ4v) is 1.91. The average Bonchev–Trinajstić information content (AvgIpc) is 2.43. The van der Waals surface area contributed by atoms with Crippen LogP contribution in [-0.4, -0.2) is 23.2 Å². The molecule has 0 bridgehead atoms. The van der Waals surface area contributed by atoms with Crippen LogP contribution in [0.3, 0.4) is 0 Å². The van der Waals surface area contributed by atoms with Crippen molar-refractivity contribution in [3.63, 3.8) is 0 Å². The molecule has 19 heavy (non-hydrogen) atoms. The zero-order valence-corrected chi connectivity index (χ0v) is 13.0. The van der Waals surface area contributed by atoms with Crippen LogP contribution in [0.15, 0.2) is 24.4 Å². The van der Waals surface area contributed by atoms with Crippen LogP contribution in [0.5, 0.6) is 0 Å². The minimum atomic E-state index is 0.414. The molecule has 0 aliphatic rings. The number of halogens is 2. The van der Waals surface area contributed by atoms with Gasteiger partial charge >= 0.3 is 0 Å². The van der Waals surface area contributed by atoms with Gasteiger partial charge in [-0.05, 0) is 40.8 Å². The molecule has 3 N–H and O–H groups in total. The maximum atomic E-state index is 7.38. The van der Waals surface area contributed by atoms with Gasteiger partial charge in [-0.2, -0.15) is 4.98 Å². The van der Waals surface area contributed by atoms with E-state index in [-0.39, 0.29) is 0 Å². The van der Waals surface area contributed by atoms with Crippen molar-refractivity contribution in [2.24, 2.45) is 0 Å². The van der Waals surface area contributed by atoms with Crippen LogP contribution in [0, 0.1) is 8.98 Å². The number of aromatic nitrogens is 2. The fraction of sp³-hybridized carbons (Fsp3) is 0.0833. The number of benzene rings is 1. The smallest absolute Gasteiger partial charge is 0.228 e. The number of nitrogens with zero attached hydrogens (tertiary/aromatic N) is 2. The summed E-state index contributed by atoms with van der Waals surface area (Å²) in [5.74, 6) is 0.429. The van der Waals surface area contributed by atoms with Crippen molar-refractivity contribution >= 4 is 57.7 Å². The van der Waals surface area contributed by atoms with Gasteiger partial charge in [0, 0.05) is 36.4 Å². The molecule has 2 rings (SSSR count). The minimum Gasteiger partial charge on any atom is -0.388 e. The summed E-state index contributed by atoms with van der Waals surface area (Å²) in [6.45, 7) is 0. The molecule has 2 aromatic rings. The monoisotopic (exact) mass is 387 g/mol. The summed E-state index contributed by atoms with van der Waals surface area (Å²) in [6, 6.07) is 5.61. The van der Waals surface area contributed by atoms with Crippen molar-refractivity contribution in [3.05, 3.63) is 38.7 Å². The molecule has 0 spiro atoms. The van der Waals surface area contributed by atoms with Crippen LogP contribution in [-0.2, 0) is 0 Å². The van der Waals surface area contributed by atoms with E-state index in [4.69, 9.17) is 17.0 Å². The summed E-state index contributed by atoms with van der Waals surface area (Å²) in [5, 5.41) is 13.9. The van der Waals surface area contributed by atoms with Crippen molar-refractivity contribution < 1.29 is 0 Å². The molecule has 0 amide bonds. The maximum Gasteiger partial charge on any atom is 0.228 e. The molecule has 1 aromatic carbocycles. The van der Waals surface area contributed by atoms with Crippen LogP contribution in [0.25, 0.3) is 0 Å². The lowest BCUT2D eigenvalue weighted by Crippen LogP contribution is -2.00. The number of rotatable bonds is 4. The van der Waals surface area contributed by atoms with Crippen LogP contribution >= 0.6 is 34.2 Å². The summed E-state index contributed by atoms with van der Waals surface area (Å²) in [5.41, 5.74) is 2.47. The zero-order chi connectivity index (χ0) is 13.8. The quantitative estimate of drug-likeness (QED) is 0.426. The third kappa shape index (κ3) is 3.32. The normalized spacial score (nSPS) is 10.1. The molecule has 0 radical (unpaired) electrons. The molecule has 1 aromatic heterocycles. The summed E-state index contributed by atoms with van der Waals surface area (Å²) < 4.78 is 0.801. The second-order valence-corrected chi connectivity index (χ2v) is 5.17. The Labute approximate surface area is 129 Å². The van der Waals surface area contributed by atoms with E-state index >= 15 is 0 Å². The summed E-state index contributed by atoms with van der Waals surface area (Å²) in [7, 11) is 1.82. The number of anilines is 3. The van der Waals surface area contributed by atoms with Gasteiger partial charge in [-0.15, -0.1) is 0 Å². The van der Waals surface area contributed by atoms with E-state index in [2.05, 4.69) is 43.2 Å². The molecular weight excluding hydrogens is 377 g/mol. The highest BCUT2D eigenvalue weighted by Gasteiger charge is 2.05. The molecule has 7 heteroatoms. The molecule has 5 nitrogen and oxygen atoms in total. The predicted molar refractivity (Wildman–Crippen MR) is 86.9 cm³/mol. The van der Waals surface area contributed by atoms with E-state index in [0.717, 1.165) is 20.5 Å². The molecule has 0 saturated heterocycles. The summed E-state index contributed by atoms with van der Waals surface area (Å²) >= 11 is 8.01. The molecular formula is C12H11ClIN5. The fourth-order valence-electron chi connectivity index (χ4n) is 1.52. The number of hydrogen-bond acceptors (Lipinski definition) is 5. The standard InChI is InChI=1S/C12H11ClIN5/c1-16-10-3-2-8(4-7(10)5-15)18-12-17-6-9(14)11(13)19-12/h2-6,15-16H,1H3,(H,17,18,19). The Balaban J connectivity index is 2.27. The lowest BCUT2D eigenvalue weighted by Gasteiger charge is -2.09. The second-order valence-electron chi connectivity index (χ2n) is 3.65. The first-order valence-electron chi connectivity index (χ1n) is 5.41. The van der Waals surface area contributed by atoms with Gasteiger partial charge in [-0.1, -0.05) is 11.6 Å². The number of nitrogens with one attached hydrogen (secondary N) is 3. The van der Waals surface area contributed by atoms with Crippen LogP contribution in [0.1, 0.15) is 5.56 Å². The highest BCUT2D eigenvalue weighted by Crippen LogP contribution is 2.22. The van der Waals surface area contributed by atoms with E-state index in [0.29, 0.717) is 11.1 Å². The molecule has 0 saturated carbocycles. The average molecular weight is 388 g/mol. The van der Waals surface area contributed by atoms with Gasteiger partial charge in [0.2, 0.25) is 5.95 Å². The Kier molecular flexibility index (Phi) is 4.54. The second kappa shape index (κ2) is 6.16.